The largest absolute Gasteiger partial charge is 0.370 e. The lowest BCUT2D eigenvalue weighted by Crippen LogP contribution is -2.28. The first-order valence-electron chi connectivity index (χ1n) is 8.26. The maximum Gasteiger partial charge on any atom is 0.134 e. The number of hydrogen-bond donors (Lipinski definition) is 1. The second-order valence-electron chi connectivity index (χ2n) is 6.54. The second kappa shape index (κ2) is 8.85. The van der Waals surface area contributed by atoms with E-state index in [1.54, 1.807) is 0 Å². The van der Waals surface area contributed by atoms with Gasteiger partial charge in [0.1, 0.15) is 17.5 Å². The van der Waals surface area contributed by atoms with Gasteiger partial charge in [-0.15, -0.1) is 0 Å². The maximum atomic E-state index is 4.65. The molecule has 1 rings (SSSR count). The van der Waals surface area contributed by atoms with E-state index in [9.17, 15) is 0 Å². The van der Waals surface area contributed by atoms with Crippen LogP contribution in [0.3, 0.4) is 0 Å². The molecule has 1 aromatic heterocycles. The average Bonchev–Trinajstić information content (AvgIpc) is 2.37. The van der Waals surface area contributed by atoms with Gasteiger partial charge >= 0.3 is 0 Å². The molecule has 0 aliphatic rings. The van der Waals surface area contributed by atoms with Crippen LogP contribution < -0.4 is 10.2 Å². The molecular weight excluding hydrogens is 260 g/mol. The zero-order valence-corrected chi connectivity index (χ0v) is 14.6. The molecule has 0 aliphatic carbocycles. The quantitative estimate of drug-likeness (QED) is 0.743. The van der Waals surface area contributed by atoms with Crippen molar-refractivity contribution >= 4 is 11.6 Å². The number of aryl methyl sites for hydroxylation is 1. The summed E-state index contributed by atoms with van der Waals surface area (Å²) in [5, 5.41) is 3.30. The summed E-state index contributed by atoms with van der Waals surface area (Å²) in [6, 6.07) is 2.08. The molecule has 0 atom stereocenters. The van der Waals surface area contributed by atoms with Crippen LogP contribution in [0.4, 0.5) is 11.6 Å². The molecule has 4 heteroatoms. The fourth-order valence-corrected chi connectivity index (χ4v) is 2.15. The highest BCUT2D eigenvalue weighted by molar-refractivity contribution is 5.49. The molecule has 4 nitrogen and oxygen atoms in total. The van der Waals surface area contributed by atoms with Crippen LogP contribution in [0.1, 0.15) is 53.3 Å². The van der Waals surface area contributed by atoms with Crippen LogP contribution in [0, 0.1) is 18.8 Å². The number of aromatic nitrogens is 2. The first-order valence-corrected chi connectivity index (χ1v) is 8.26. The van der Waals surface area contributed by atoms with Crippen LogP contribution in [0.5, 0.6) is 0 Å². The zero-order valence-electron chi connectivity index (χ0n) is 14.6. The lowest BCUT2D eigenvalue weighted by Gasteiger charge is -2.26. The van der Waals surface area contributed by atoms with Gasteiger partial charge in [0.25, 0.3) is 0 Å². The molecule has 0 aromatic carbocycles. The third-order valence-corrected chi connectivity index (χ3v) is 3.46. The van der Waals surface area contributed by atoms with E-state index in [0.29, 0.717) is 11.8 Å². The highest BCUT2D eigenvalue weighted by Crippen LogP contribution is 2.18. The summed E-state index contributed by atoms with van der Waals surface area (Å²) >= 11 is 0. The van der Waals surface area contributed by atoms with Crippen LogP contribution in [0.2, 0.25) is 0 Å². The lowest BCUT2D eigenvalue weighted by atomic mass is 10.1. The smallest absolute Gasteiger partial charge is 0.134 e. The molecule has 0 amide bonds. The van der Waals surface area contributed by atoms with Gasteiger partial charge in [-0.1, -0.05) is 27.7 Å². The van der Waals surface area contributed by atoms with Gasteiger partial charge < -0.3 is 10.2 Å². The molecule has 1 heterocycles. The van der Waals surface area contributed by atoms with E-state index in [-0.39, 0.29) is 0 Å². The van der Waals surface area contributed by atoms with Gasteiger partial charge in [0.2, 0.25) is 0 Å². The lowest BCUT2D eigenvalue weighted by molar-refractivity contribution is 0.532. The summed E-state index contributed by atoms with van der Waals surface area (Å²) in [7, 11) is 0. The van der Waals surface area contributed by atoms with Crippen LogP contribution in [0.25, 0.3) is 0 Å². The molecule has 0 unspecified atom stereocenters. The van der Waals surface area contributed by atoms with E-state index < -0.39 is 0 Å². The third-order valence-electron chi connectivity index (χ3n) is 3.46. The van der Waals surface area contributed by atoms with Gasteiger partial charge in [-0.3, -0.25) is 0 Å². The minimum atomic E-state index is 0.711. The van der Waals surface area contributed by atoms with E-state index in [0.717, 1.165) is 37.1 Å². The summed E-state index contributed by atoms with van der Waals surface area (Å²) in [6.07, 6.45) is 2.38. The molecule has 1 N–H and O–H groups in total. The predicted octanol–water partition coefficient (Wildman–Crippen LogP) is 4.12. The topological polar surface area (TPSA) is 41.0 Å². The molecule has 0 saturated carbocycles. The fraction of sp³-hybridized carbons (Fsp3) is 0.765. The number of hydrogen-bond acceptors (Lipinski definition) is 4. The molecule has 0 saturated heterocycles. The van der Waals surface area contributed by atoms with Crippen molar-refractivity contribution in [2.24, 2.45) is 11.8 Å². The molecule has 0 fully saturated rings. The van der Waals surface area contributed by atoms with Gasteiger partial charge in [-0.05, 0) is 38.5 Å². The normalized spacial score (nSPS) is 11.2. The minimum absolute atomic E-state index is 0.711. The fourth-order valence-electron chi connectivity index (χ4n) is 2.15. The van der Waals surface area contributed by atoms with E-state index in [4.69, 9.17) is 0 Å². The summed E-state index contributed by atoms with van der Waals surface area (Å²) in [4.78, 5) is 11.5. The Kier molecular flexibility index (Phi) is 7.48. The second-order valence-corrected chi connectivity index (χ2v) is 6.54. The molecule has 1 aromatic rings. The first kappa shape index (κ1) is 17.7. The Bertz CT molecular complexity index is 403. The summed E-state index contributed by atoms with van der Waals surface area (Å²) in [5.41, 5.74) is 0. The molecule has 0 radical (unpaired) electrons. The summed E-state index contributed by atoms with van der Waals surface area (Å²) in [6.45, 7) is 16.2. The molecule has 0 spiro atoms. The van der Waals surface area contributed by atoms with Gasteiger partial charge in [-0.25, -0.2) is 9.97 Å². The van der Waals surface area contributed by atoms with Crippen molar-refractivity contribution in [2.75, 3.05) is 29.9 Å². The zero-order chi connectivity index (χ0) is 15.8. The Morgan fingerprint density at radius 1 is 1.05 bits per heavy atom. The molecule has 0 bridgehead atoms. The van der Waals surface area contributed by atoms with Gasteiger partial charge in [0.05, 0.1) is 0 Å². The van der Waals surface area contributed by atoms with Crippen molar-refractivity contribution in [2.45, 2.75) is 54.4 Å². The SMILES string of the molecule is CCNc1cc(N(CCC(C)C)CCC(C)C)nc(C)n1. The van der Waals surface area contributed by atoms with Crippen molar-refractivity contribution in [3.05, 3.63) is 11.9 Å². The van der Waals surface area contributed by atoms with Gasteiger partial charge in [-0.2, -0.15) is 0 Å². The van der Waals surface area contributed by atoms with Crippen LogP contribution in [-0.2, 0) is 0 Å². The number of rotatable bonds is 9. The van der Waals surface area contributed by atoms with E-state index in [2.05, 4.69) is 60.9 Å². The van der Waals surface area contributed by atoms with Gasteiger partial charge in [0.15, 0.2) is 0 Å². The number of anilines is 2. The van der Waals surface area contributed by atoms with Crippen molar-refractivity contribution in [3.8, 4) is 0 Å². The standard InChI is InChI=1S/C17H32N4/c1-7-18-16-12-17(20-15(6)19-16)21(10-8-13(2)3)11-9-14(4)5/h12-14H,7-11H2,1-6H3,(H,18,19,20). The Balaban J connectivity index is 2.88. The van der Waals surface area contributed by atoms with Crippen molar-refractivity contribution < 1.29 is 0 Å². The highest BCUT2D eigenvalue weighted by atomic mass is 15.2. The highest BCUT2D eigenvalue weighted by Gasteiger charge is 2.12. The Morgan fingerprint density at radius 3 is 2.10 bits per heavy atom. The van der Waals surface area contributed by atoms with Crippen molar-refractivity contribution in [3.63, 3.8) is 0 Å². The first-order chi connectivity index (χ1) is 9.92. The van der Waals surface area contributed by atoms with Crippen LogP contribution in [0.15, 0.2) is 6.07 Å². The number of nitrogens with one attached hydrogen (secondary N) is 1. The van der Waals surface area contributed by atoms with E-state index >= 15 is 0 Å². The minimum Gasteiger partial charge on any atom is -0.370 e. The maximum absolute atomic E-state index is 4.65. The molecule has 21 heavy (non-hydrogen) atoms. The Hall–Kier alpha value is -1.32. The Morgan fingerprint density at radius 2 is 1.62 bits per heavy atom. The third kappa shape index (κ3) is 6.78. The van der Waals surface area contributed by atoms with Crippen LogP contribution in [-0.4, -0.2) is 29.6 Å². The predicted molar refractivity (Wildman–Crippen MR) is 92.1 cm³/mol. The van der Waals surface area contributed by atoms with E-state index in [1.807, 2.05) is 6.92 Å². The van der Waals surface area contributed by atoms with Crippen LogP contribution >= 0.6 is 0 Å². The summed E-state index contributed by atoms with van der Waals surface area (Å²) < 4.78 is 0. The average molecular weight is 292 g/mol. The van der Waals surface area contributed by atoms with Crippen molar-refractivity contribution in [1.82, 2.24) is 9.97 Å². The van der Waals surface area contributed by atoms with E-state index in [1.165, 1.54) is 12.8 Å². The molecular formula is C17H32N4. The number of nitrogens with zero attached hydrogens (tertiary/aromatic N) is 3. The molecule has 120 valence electrons. The van der Waals surface area contributed by atoms with Gasteiger partial charge in [0, 0.05) is 25.7 Å². The Labute approximate surface area is 130 Å². The van der Waals surface area contributed by atoms with Crippen molar-refractivity contribution in [1.29, 1.82) is 0 Å². The summed E-state index contributed by atoms with van der Waals surface area (Å²) in [5.74, 6) is 4.24. The molecule has 0 aliphatic heterocycles. The monoisotopic (exact) mass is 292 g/mol.